The Morgan fingerprint density at radius 2 is 2.12 bits per heavy atom. The number of nitrogens with zero attached hydrogens (tertiary/aromatic N) is 3. The van der Waals surface area contributed by atoms with Crippen LogP contribution in [0, 0.1) is 5.92 Å². The standard InChI is InChI=1S/C18H22ClN3OS2/c1-21-14(9-12(18(21)23)11-22-6-3-2-4-7-22)15-10-20-17(25-15)16-13(19)5-8-24-16/h5,8,10,12,14H,2-4,6-7,9,11H2,1H3/t12-,14+/m1/s1. The van der Waals surface area contributed by atoms with Gasteiger partial charge in [-0.3, -0.25) is 4.79 Å². The third kappa shape index (κ3) is 3.50. The number of halogens is 1. The molecule has 2 saturated heterocycles. The summed E-state index contributed by atoms with van der Waals surface area (Å²) in [5.74, 6) is 0.392. The first-order valence-corrected chi connectivity index (χ1v) is 10.9. The fraction of sp³-hybridized carbons (Fsp3) is 0.556. The maximum absolute atomic E-state index is 12.7. The number of thiophene rings is 1. The minimum Gasteiger partial charge on any atom is -0.338 e. The summed E-state index contributed by atoms with van der Waals surface area (Å²) in [5, 5.41) is 3.69. The second-order valence-corrected chi connectivity index (χ2v) is 9.31. The van der Waals surface area contributed by atoms with E-state index in [1.807, 2.05) is 29.6 Å². The van der Waals surface area contributed by atoms with Crippen molar-refractivity contribution in [2.45, 2.75) is 31.7 Å². The molecule has 2 atom stereocenters. The molecule has 4 heterocycles. The quantitative estimate of drug-likeness (QED) is 0.763. The van der Waals surface area contributed by atoms with Gasteiger partial charge >= 0.3 is 0 Å². The Hall–Kier alpha value is -0.950. The number of carbonyl (C=O) groups is 1. The summed E-state index contributed by atoms with van der Waals surface area (Å²) >= 11 is 9.51. The monoisotopic (exact) mass is 395 g/mol. The van der Waals surface area contributed by atoms with Crippen molar-refractivity contribution in [3.05, 3.63) is 27.5 Å². The molecule has 0 aromatic carbocycles. The Balaban J connectivity index is 1.48. The number of piperidine rings is 1. The Morgan fingerprint density at radius 1 is 1.32 bits per heavy atom. The average Bonchev–Trinajstić information content (AvgIpc) is 3.32. The second-order valence-electron chi connectivity index (χ2n) is 6.92. The van der Waals surface area contributed by atoms with Gasteiger partial charge in [-0.05, 0) is 43.8 Å². The number of rotatable bonds is 4. The SMILES string of the molecule is CN1C(=O)[C@@H](CN2CCCCC2)C[C@H]1c1cnc(-c2sccc2Cl)s1. The largest absolute Gasteiger partial charge is 0.338 e. The van der Waals surface area contributed by atoms with Crippen LogP contribution >= 0.6 is 34.3 Å². The number of thiazole rings is 1. The van der Waals surface area contributed by atoms with Gasteiger partial charge in [0.05, 0.1) is 21.9 Å². The molecule has 2 aliphatic heterocycles. The molecule has 4 nitrogen and oxygen atoms in total. The summed E-state index contributed by atoms with van der Waals surface area (Å²) in [5.41, 5.74) is 0. The van der Waals surface area contributed by atoms with Gasteiger partial charge in [0.1, 0.15) is 5.01 Å². The van der Waals surface area contributed by atoms with Crippen LogP contribution in [0.4, 0.5) is 0 Å². The van der Waals surface area contributed by atoms with Crippen molar-refractivity contribution in [2.24, 2.45) is 5.92 Å². The van der Waals surface area contributed by atoms with E-state index < -0.39 is 0 Å². The van der Waals surface area contributed by atoms with Gasteiger partial charge in [-0.2, -0.15) is 0 Å². The fourth-order valence-corrected chi connectivity index (χ4v) is 6.26. The normalized spacial score (nSPS) is 25.0. The van der Waals surface area contributed by atoms with E-state index >= 15 is 0 Å². The average molecular weight is 396 g/mol. The zero-order chi connectivity index (χ0) is 17.4. The highest BCUT2D eigenvalue weighted by Crippen LogP contribution is 2.42. The zero-order valence-corrected chi connectivity index (χ0v) is 16.7. The highest BCUT2D eigenvalue weighted by atomic mass is 35.5. The van der Waals surface area contributed by atoms with Crippen molar-refractivity contribution in [1.29, 1.82) is 0 Å². The number of likely N-dealkylation sites (tertiary alicyclic amines) is 2. The summed E-state index contributed by atoms with van der Waals surface area (Å²) in [6.45, 7) is 3.18. The topological polar surface area (TPSA) is 36.4 Å². The van der Waals surface area contributed by atoms with Crippen LogP contribution in [-0.4, -0.2) is 47.4 Å². The molecule has 0 radical (unpaired) electrons. The second kappa shape index (κ2) is 7.35. The van der Waals surface area contributed by atoms with Crippen LogP contribution in [0.3, 0.4) is 0 Å². The van der Waals surface area contributed by atoms with E-state index in [1.54, 1.807) is 22.7 Å². The molecule has 25 heavy (non-hydrogen) atoms. The van der Waals surface area contributed by atoms with E-state index in [1.165, 1.54) is 19.3 Å². The lowest BCUT2D eigenvalue weighted by molar-refractivity contribution is -0.131. The first kappa shape index (κ1) is 17.5. The van der Waals surface area contributed by atoms with Crippen LogP contribution < -0.4 is 0 Å². The molecular weight excluding hydrogens is 374 g/mol. The molecule has 134 valence electrons. The molecule has 0 unspecified atom stereocenters. The van der Waals surface area contributed by atoms with E-state index in [0.717, 1.165) is 45.8 Å². The first-order chi connectivity index (χ1) is 12.1. The van der Waals surface area contributed by atoms with E-state index in [9.17, 15) is 4.79 Å². The van der Waals surface area contributed by atoms with Crippen molar-refractivity contribution in [3.8, 4) is 9.88 Å². The van der Waals surface area contributed by atoms with Crippen LogP contribution in [0.5, 0.6) is 0 Å². The molecule has 0 saturated carbocycles. The van der Waals surface area contributed by atoms with Crippen molar-refractivity contribution in [2.75, 3.05) is 26.7 Å². The molecule has 4 rings (SSSR count). The maximum Gasteiger partial charge on any atom is 0.227 e. The Labute approximate surface area is 161 Å². The van der Waals surface area contributed by atoms with Gasteiger partial charge < -0.3 is 9.80 Å². The minimum atomic E-state index is 0.115. The molecule has 0 aliphatic carbocycles. The summed E-state index contributed by atoms with van der Waals surface area (Å²) in [6, 6.07) is 2.05. The van der Waals surface area contributed by atoms with Crippen LogP contribution in [0.2, 0.25) is 5.02 Å². The lowest BCUT2D eigenvalue weighted by Crippen LogP contribution is -2.36. The minimum absolute atomic E-state index is 0.115. The molecule has 0 N–H and O–H groups in total. The first-order valence-electron chi connectivity index (χ1n) is 8.81. The molecule has 7 heteroatoms. The van der Waals surface area contributed by atoms with Gasteiger partial charge in [0.15, 0.2) is 0 Å². The van der Waals surface area contributed by atoms with Gasteiger partial charge in [-0.25, -0.2) is 4.98 Å². The van der Waals surface area contributed by atoms with Gasteiger partial charge in [0.2, 0.25) is 5.91 Å². The van der Waals surface area contributed by atoms with Crippen molar-refractivity contribution >= 4 is 40.2 Å². The van der Waals surface area contributed by atoms with Crippen LogP contribution in [0.1, 0.15) is 36.6 Å². The highest BCUT2D eigenvalue weighted by molar-refractivity contribution is 7.21. The lowest BCUT2D eigenvalue weighted by atomic mass is 10.0. The van der Waals surface area contributed by atoms with Gasteiger partial charge in [-0.15, -0.1) is 22.7 Å². The van der Waals surface area contributed by atoms with Crippen molar-refractivity contribution in [1.82, 2.24) is 14.8 Å². The number of carbonyl (C=O) groups excluding carboxylic acids is 1. The van der Waals surface area contributed by atoms with Crippen LogP contribution in [-0.2, 0) is 4.79 Å². The predicted molar refractivity (Wildman–Crippen MR) is 104 cm³/mol. The van der Waals surface area contributed by atoms with Crippen molar-refractivity contribution < 1.29 is 4.79 Å². The molecule has 2 fully saturated rings. The van der Waals surface area contributed by atoms with E-state index in [2.05, 4.69) is 9.88 Å². The molecular formula is C18H22ClN3OS2. The number of amides is 1. The maximum atomic E-state index is 12.7. The molecule has 1 amide bonds. The molecule has 0 bridgehead atoms. The van der Waals surface area contributed by atoms with E-state index in [0.29, 0.717) is 0 Å². The molecule has 0 spiro atoms. The van der Waals surface area contributed by atoms with Crippen LogP contribution in [0.25, 0.3) is 9.88 Å². The zero-order valence-electron chi connectivity index (χ0n) is 14.3. The van der Waals surface area contributed by atoms with Gasteiger partial charge in [-0.1, -0.05) is 18.0 Å². The lowest BCUT2D eigenvalue weighted by Gasteiger charge is -2.28. The van der Waals surface area contributed by atoms with Crippen molar-refractivity contribution in [3.63, 3.8) is 0 Å². The van der Waals surface area contributed by atoms with E-state index in [4.69, 9.17) is 11.6 Å². The molecule has 2 aliphatic rings. The van der Waals surface area contributed by atoms with E-state index in [-0.39, 0.29) is 17.9 Å². The summed E-state index contributed by atoms with van der Waals surface area (Å²) in [7, 11) is 1.93. The fourth-order valence-electron chi connectivity index (χ4n) is 3.88. The molecule has 2 aromatic rings. The number of hydrogen-bond donors (Lipinski definition) is 0. The number of hydrogen-bond acceptors (Lipinski definition) is 5. The highest BCUT2D eigenvalue weighted by Gasteiger charge is 2.39. The third-order valence-corrected chi connectivity index (χ3v) is 7.86. The van der Waals surface area contributed by atoms with Gasteiger partial charge in [0, 0.05) is 24.7 Å². The summed E-state index contributed by atoms with van der Waals surface area (Å²) < 4.78 is 0. The Bertz CT molecular complexity index is 753. The van der Waals surface area contributed by atoms with Gasteiger partial charge in [0.25, 0.3) is 0 Å². The Morgan fingerprint density at radius 3 is 2.84 bits per heavy atom. The summed E-state index contributed by atoms with van der Waals surface area (Å²) in [6.07, 6.45) is 6.67. The number of aromatic nitrogens is 1. The predicted octanol–water partition coefficient (Wildman–Crippen LogP) is 4.53. The smallest absolute Gasteiger partial charge is 0.227 e. The molecule has 2 aromatic heterocycles. The summed E-state index contributed by atoms with van der Waals surface area (Å²) in [4.78, 5) is 23.8. The van der Waals surface area contributed by atoms with Crippen LogP contribution in [0.15, 0.2) is 17.6 Å². The Kier molecular flexibility index (Phi) is 5.13. The third-order valence-electron chi connectivity index (χ3n) is 5.26.